The number of nitrogens with zero attached hydrogens (tertiary/aromatic N) is 1. The number of ether oxygens (including phenoxy) is 1. The van der Waals surface area contributed by atoms with Crippen LogP contribution in [0.3, 0.4) is 0 Å². The molecule has 0 saturated heterocycles. The molecule has 0 aliphatic heterocycles. The lowest BCUT2D eigenvalue weighted by Crippen LogP contribution is -2.27. The molecule has 16 heavy (non-hydrogen) atoms. The van der Waals surface area contributed by atoms with Crippen molar-refractivity contribution in [3.8, 4) is 0 Å². The van der Waals surface area contributed by atoms with Crippen molar-refractivity contribution in [2.45, 2.75) is 26.4 Å². The number of hydrogen-bond acceptors (Lipinski definition) is 3. The van der Waals surface area contributed by atoms with Crippen molar-refractivity contribution >= 4 is 35.1 Å². The lowest BCUT2D eigenvalue weighted by Gasteiger charge is -2.19. The highest BCUT2D eigenvalue weighted by atomic mass is 35.5. The Balaban J connectivity index is 2.70. The first-order valence-corrected chi connectivity index (χ1v) is 5.35. The van der Waals surface area contributed by atoms with E-state index in [0.29, 0.717) is 5.02 Å². The van der Waals surface area contributed by atoms with Gasteiger partial charge in [-0.2, -0.15) is 0 Å². The molecule has 0 aliphatic rings. The van der Waals surface area contributed by atoms with E-state index in [4.69, 9.17) is 27.9 Å². The average Bonchev–Trinajstić information content (AvgIpc) is 1.96. The normalized spacial score (nSPS) is 11.1. The van der Waals surface area contributed by atoms with Gasteiger partial charge in [0.25, 0.3) is 0 Å². The van der Waals surface area contributed by atoms with Crippen LogP contribution in [0.2, 0.25) is 10.2 Å². The molecule has 0 spiro atoms. The molecule has 0 saturated carbocycles. The molecule has 0 unspecified atom stereocenters. The Bertz CT molecular complexity index is 382. The Morgan fingerprint density at radius 3 is 2.50 bits per heavy atom. The molecule has 0 fully saturated rings. The first-order chi connectivity index (χ1) is 7.26. The van der Waals surface area contributed by atoms with Gasteiger partial charge in [-0.3, -0.25) is 5.32 Å². The predicted molar refractivity (Wildman–Crippen MR) is 64.1 cm³/mol. The van der Waals surface area contributed by atoms with E-state index in [9.17, 15) is 4.79 Å². The molecule has 1 aromatic heterocycles. The molecular formula is C10H12Cl2N2O2. The van der Waals surface area contributed by atoms with Gasteiger partial charge in [0.1, 0.15) is 16.6 Å². The second-order valence-corrected chi connectivity index (χ2v) is 4.94. The highest BCUT2D eigenvalue weighted by molar-refractivity contribution is 6.34. The smallest absolute Gasteiger partial charge is 0.413 e. The average molecular weight is 263 g/mol. The monoisotopic (exact) mass is 262 g/mol. The second kappa shape index (κ2) is 4.89. The van der Waals surface area contributed by atoms with Crippen molar-refractivity contribution in [2.24, 2.45) is 0 Å². The molecule has 1 rings (SSSR count). The summed E-state index contributed by atoms with van der Waals surface area (Å²) in [6.45, 7) is 5.31. The molecule has 1 heterocycles. The van der Waals surface area contributed by atoms with Crippen LogP contribution in [-0.2, 0) is 4.74 Å². The van der Waals surface area contributed by atoms with Crippen molar-refractivity contribution in [3.63, 3.8) is 0 Å². The van der Waals surface area contributed by atoms with Crippen LogP contribution in [0.25, 0.3) is 0 Å². The zero-order valence-electron chi connectivity index (χ0n) is 9.17. The highest BCUT2D eigenvalue weighted by Gasteiger charge is 2.16. The number of amides is 1. The van der Waals surface area contributed by atoms with E-state index in [1.807, 2.05) is 0 Å². The molecule has 0 aliphatic carbocycles. The molecule has 1 amide bonds. The minimum absolute atomic E-state index is 0.207. The van der Waals surface area contributed by atoms with Gasteiger partial charge < -0.3 is 4.74 Å². The Hall–Kier alpha value is -1.00. The molecule has 6 heteroatoms. The van der Waals surface area contributed by atoms with E-state index in [1.54, 1.807) is 20.8 Å². The molecule has 1 N–H and O–H groups in total. The van der Waals surface area contributed by atoms with Gasteiger partial charge >= 0.3 is 6.09 Å². The third-order valence-electron chi connectivity index (χ3n) is 1.39. The standard InChI is InChI=1S/C10H12Cl2N2O2/c1-10(2,3)16-9(15)14-8-5-6(11)4-7(12)13-8/h4-5H,1-3H3,(H,13,14,15). The summed E-state index contributed by atoms with van der Waals surface area (Å²) in [5.74, 6) is 0.256. The van der Waals surface area contributed by atoms with Gasteiger partial charge in [0, 0.05) is 5.02 Å². The van der Waals surface area contributed by atoms with E-state index in [-0.39, 0.29) is 11.0 Å². The molecule has 4 nitrogen and oxygen atoms in total. The van der Waals surface area contributed by atoms with Gasteiger partial charge in [-0.15, -0.1) is 0 Å². The summed E-state index contributed by atoms with van der Waals surface area (Å²) in [5.41, 5.74) is -0.563. The van der Waals surface area contributed by atoms with Crippen LogP contribution in [-0.4, -0.2) is 16.7 Å². The number of rotatable bonds is 1. The molecule has 1 aromatic rings. The number of carbonyl (C=O) groups excluding carboxylic acids is 1. The maximum absolute atomic E-state index is 11.4. The fourth-order valence-corrected chi connectivity index (χ4v) is 1.41. The quantitative estimate of drug-likeness (QED) is 0.785. The summed E-state index contributed by atoms with van der Waals surface area (Å²) in [7, 11) is 0. The molecule has 0 bridgehead atoms. The van der Waals surface area contributed by atoms with Crippen LogP contribution < -0.4 is 5.32 Å². The number of pyridine rings is 1. The van der Waals surface area contributed by atoms with E-state index < -0.39 is 11.7 Å². The maximum atomic E-state index is 11.4. The topological polar surface area (TPSA) is 51.2 Å². The Kier molecular flexibility index (Phi) is 3.99. The fourth-order valence-electron chi connectivity index (χ4n) is 0.938. The lowest BCUT2D eigenvalue weighted by atomic mass is 10.2. The van der Waals surface area contributed by atoms with Gasteiger partial charge in [0.2, 0.25) is 0 Å². The highest BCUT2D eigenvalue weighted by Crippen LogP contribution is 2.19. The molecule has 0 atom stereocenters. The van der Waals surface area contributed by atoms with E-state index in [0.717, 1.165) is 0 Å². The van der Waals surface area contributed by atoms with Crippen LogP contribution in [0.15, 0.2) is 12.1 Å². The van der Waals surface area contributed by atoms with Crippen molar-refractivity contribution < 1.29 is 9.53 Å². The molecule has 0 aromatic carbocycles. The Morgan fingerprint density at radius 1 is 1.38 bits per heavy atom. The van der Waals surface area contributed by atoms with Gasteiger partial charge in [0.05, 0.1) is 0 Å². The minimum atomic E-state index is -0.599. The Labute approximate surface area is 104 Å². The number of halogens is 2. The van der Waals surface area contributed by atoms with Crippen molar-refractivity contribution in [1.29, 1.82) is 0 Å². The predicted octanol–water partition coefficient (Wildman–Crippen LogP) is 3.74. The summed E-state index contributed by atoms with van der Waals surface area (Å²) >= 11 is 11.4. The number of carbonyl (C=O) groups is 1. The van der Waals surface area contributed by atoms with Gasteiger partial charge in [-0.25, -0.2) is 9.78 Å². The third-order valence-corrected chi connectivity index (χ3v) is 1.80. The SMILES string of the molecule is CC(C)(C)OC(=O)Nc1cc(Cl)cc(Cl)n1. The third kappa shape index (κ3) is 4.68. The first kappa shape index (κ1) is 13.1. The summed E-state index contributed by atoms with van der Waals surface area (Å²) in [5, 5.41) is 3.04. The van der Waals surface area contributed by atoms with Crippen LogP contribution in [0.5, 0.6) is 0 Å². The summed E-state index contributed by atoms with van der Waals surface area (Å²) < 4.78 is 5.05. The van der Waals surface area contributed by atoms with Gasteiger partial charge in [-0.1, -0.05) is 23.2 Å². The maximum Gasteiger partial charge on any atom is 0.413 e. The lowest BCUT2D eigenvalue weighted by molar-refractivity contribution is 0.0635. The number of aromatic nitrogens is 1. The van der Waals surface area contributed by atoms with Crippen molar-refractivity contribution in [2.75, 3.05) is 5.32 Å². The largest absolute Gasteiger partial charge is 0.444 e. The van der Waals surface area contributed by atoms with E-state index >= 15 is 0 Å². The van der Waals surface area contributed by atoms with E-state index in [1.165, 1.54) is 12.1 Å². The first-order valence-electron chi connectivity index (χ1n) is 4.59. The van der Waals surface area contributed by atoms with Crippen molar-refractivity contribution in [3.05, 3.63) is 22.3 Å². The zero-order valence-corrected chi connectivity index (χ0v) is 10.7. The zero-order chi connectivity index (χ0) is 12.3. The fraction of sp³-hybridized carbons (Fsp3) is 0.400. The van der Waals surface area contributed by atoms with Gasteiger partial charge in [0.15, 0.2) is 0 Å². The summed E-state index contributed by atoms with van der Waals surface area (Å²) in [4.78, 5) is 15.3. The summed E-state index contributed by atoms with van der Waals surface area (Å²) in [6.07, 6.45) is -0.599. The van der Waals surface area contributed by atoms with Gasteiger partial charge in [-0.05, 0) is 32.9 Å². The van der Waals surface area contributed by atoms with Crippen molar-refractivity contribution in [1.82, 2.24) is 4.98 Å². The van der Waals surface area contributed by atoms with Crippen LogP contribution in [0.1, 0.15) is 20.8 Å². The van der Waals surface area contributed by atoms with Crippen LogP contribution >= 0.6 is 23.2 Å². The minimum Gasteiger partial charge on any atom is -0.444 e. The Morgan fingerprint density at radius 2 is 2.00 bits per heavy atom. The second-order valence-electron chi connectivity index (χ2n) is 4.12. The number of hydrogen-bond donors (Lipinski definition) is 1. The summed E-state index contributed by atoms with van der Waals surface area (Å²) in [6, 6.07) is 2.96. The number of anilines is 1. The molecule has 88 valence electrons. The number of nitrogens with one attached hydrogen (secondary N) is 1. The van der Waals surface area contributed by atoms with E-state index in [2.05, 4.69) is 10.3 Å². The molecule has 0 radical (unpaired) electrons. The van der Waals surface area contributed by atoms with Crippen LogP contribution in [0.4, 0.5) is 10.6 Å². The molecular weight excluding hydrogens is 251 g/mol. The van der Waals surface area contributed by atoms with Crippen LogP contribution in [0, 0.1) is 0 Å².